The zero-order valence-electron chi connectivity index (χ0n) is 16.1. The van der Waals surface area contributed by atoms with E-state index < -0.39 is 33.2 Å². The highest BCUT2D eigenvalue weighted by molar-refractivity contribution is 8.00. The van der Waals surface area contributed by atoms with Crippen molar-refractivity contribution in [2.45, 2.75) is 50.4 Å². The Morgan fingerprint density at radius 1 is 1.45 bits per heavy atom. The van der Waals surface area contributed by atoms with Gasteiger partial charge in [-0.25, -0.2) is 13.4 Å². The Morgan fingerprint density at radius 2 is 2.14 bits per heavy atom. The maximum Gasteiger partial charge on any atom is 0.417 e. The fraction of sp³-hybridized carbons (Fsp3) is 0.611. The van der Waals surface area contributed by atoms with Gasteiger partial charge in [0.15, 0.2) is 9.84 Å². The number of sulfone groups is 1. The minimum Gasteiger partial charge on any atom is -0.338 e. The lowest BCUT2D eigenvalue weighted by atomic mass is 10.1. The van der Waals surface area contributed by atoms with Gasteiger partial charge in [0.05, 0.1) is 28.4 Å². The van der Waals surface area contributed by atoms with E-state index in [4.69, 9.17) is 0 Å². The van der Waals surface area contributed by atoms with Gasteiger partial charge in [-0.05, 0) is 25.8 Å². The maximum absolute atomic E-state index is 13.2. The Kier molecular flexibility index (Phi) is 7.56. The summed E-state index contributed by atoms with van der Waals surface area (Å²) in [5.74, 6) is -0.667. The number of alkyl halides is 3. The van der Waals surface area contributed by atoms with Gasteiger partial charge in [0.25, 0.3) is 0 Å². The molecule has 1 aliphatic rings. The quantitative estimate of drug-likeness (QED) is 0.594. The molecule has 1 aliphatic heterocycles. The number of hydrogen-bond acceptors (Lipinski definition) is 6. The monoisotopic (exact) mass is 449 g/mol. The molecule has 1 unspecified atom stereocenters. The lowest BCUT2D eigenvalue weighted by Crippen LogP contribution is -2.42. The molecule has 160 valence electrons. The fourth-order valence-corrected chi connectivity index (χ4v) is 5.82. The van der Waals surface area contributed by atoms with Gasteiger partial charge in [0.1, 0.15) is 11.1 Å². The number of thioether (sulfide) groups is 1. The molecule has 0 bridgehead atoms. The normalized spacial score (nSPS) is 18.4. The molecule has 1 saturated heterocycles. The van der Waals surface area contributed by atoms with E-state index in [2.05, 4.69) is 4.98 Å². The Balaban J connectivity index is 2.21. The Labute approximate surface area is 172 Å². The van der Waals surface area contributed by atoms with Crippen LogP contribution in [0.2, 0.25) is 0 Å². The van der Waals surface area contributed by atoms with Crippen LogP contribution in [0.5, 0.6) is 0 Å². The number of halogens is 3. The van der Waals surface area contributed by atoms with Crippen LogP contribution >= 0.6 is 11.8 Å². The molecular weight excluding hydrogens is 427 g/mol. The molecule has 1 amide bonds. The number of aromatic nitrogens is 1. The van der Waals surface area contributed by atoms with Crippen molar-refractivity contribution in [3.8, 4) is 6.07 Å². The smallest absolute Gasteiger partial charge is 0.338 e. The zero-order valence-corrected chi connectivity index (χ0v) is 17.8. The molecule has 0 aliphatic carbocycles. The largest absolute Gasteiger partial charge is 0.417 e. The maximum atomic E-state index is 13.2. The molecule has 1 atom stereocenters. The molecule has 29 heavy (non-hydrogen) atoms. The Morgan fingerprint density at radius 3 is 2.66 bits per heavy atom. The standard InChI is InChI=1S/C18H22F3N3O3S2/c1-3-4-6-24(13-5-7-29(26,27)11-13)16(25)10-28-17-14(9-22)15(18(19,20)21)8-12(2)23-17/h8,13H,3-7,10-11H2,1-2H3. The Hall–Kier alpha value is -1.80. The predicted molar refractivity (Wildman–Crippen MR) is 103 cm³/mol. The van der Waals surface area contributed by atoms with Crippen LogP contribution in [-0.4, -0.2) is 54.1 Å². The molecule has 11 heteroatoms. The van der Waals surface area contributed by atoms with E-state index in [0.29, 0.717) is 19.4 Å². The first kappa shape index (κ1) is 23.5. The first-order valence-corrected chi connectivity index (χ1v) is 11.9. The van der Waals surface area contributed by atoms with Gasteiger partial charge in [-0.3, -0.25) is 4.79 Å². The molecular formula is C18H22F3N3O3S2. The Bertz CT molecular complexity index is 911. The zero-order chi connectivity index (χ0) is 21.8. The molecule has 0 saturated carbocycles. The molecule has 1 aromatic rings. The number of unbranched alkanes of at least 4 members (excludes halogenated alkanes) is 1. The first-order chi connectivity index (χ1) is 13.5. The highest BCUT2D eigenvalue weighted by Gasteiger charge is 2.37. The summed E-state index contributed by atoms with van der Waals surface area (Å²) < 4.78 is 63.2. The van der Waals surface area contributed by atoms with Crippen LogP contribution in [0, 0.1) is 18.3 Å². The van der Waals surface area contributed by atoms with Crippen molar-refractivity contribution in [1.29, 1.82) is 5.26 Å². The lowest BCUT2D eigenvalue weighted by Gasteiger charge is -2.28. The average molecular weight is 450 g/mol. The first-order valence-electron chi connectivity index (χ1n) is 9.10. The molecule has 1 aromatic heterocycles. The van der Waals surface area contributed by atoms with E-state index in [1.54, 1.807) is 6.07 Å². The molecule has 0 spiro atoms. The summed E-state index contributed by atoms with van der Waals surface area (Å²) in [6.45, 7) is 3.72. The van der Waals surface area contributed by atoms with Crippen molar-refractivity contribution in [2.75, 3.05) is 23.8 Å². The van der Waals surface area contributed by atoms with Crippen LogP contribution in [0.4, 0.5) is 13.2 Å². The van der Waals surface area contributed by atoms with E-state index in [1.807, 2.05) is 6.92 Å². The number of nitriles is 1. The lowest BCUT2D eigenvalue weighted by molar-refractivity contribution is -0.138. The van der Waals surface area contributed by atoms with Crippen LogP contribution in [0.25, 0.3) is 0 Å². The third-order valence-corrected chi connectivity index (χ3v) is 7.30. The number of aryl methyl sites for hydroxylation is 1. The fourth-order valence-electron chi connectivity index (χ4n) is 3.15. The second-order valence-corrected chi connectivity index (χ2v) is 10.1. The molecule has 2 rings (SSSR count). The number of nitrogens with zero attached hydrogens (tertiary/aromatic N) is 3. The van der Waals surface area contributed by atoms with Crippen molar-refractivity contribution >= 4 is 27.5 Å². The number of rotatable bonds is 7. The van der Waals surface area contributed by atoms with Gasteiger partial charge in [0.2, 0.25) is 5.91 Å². The van der Waals surface area contributed by atoms with E-state index in [1.165, 1.54) is 11.8 Å². The SMILES string of the molecule is CCCCN(C(=O)CSc1nc(C)cc(C(F)(F)F)c1C#N)C1CCS(=O)(=O)C1. The molecule has 0 N–H and O–H groups in total. The number of carbonyl (C=O) groups is 1. The topological polar surface area (TPSA) is 91.1 Å². The molecule has 6 nitrogen and oxygen atoms in total. The number of hydrogen-bond donors (Lipinski definition) is 0. The second kappa shape index (κ2) is 9.34. The van der Waals surface area contributed by atoms with Gasteiger partial charge in [0, 0.05) is 18.3 Å². The van der Waals surface area contributed by atoms with Crippen molar-refractivity contribution in [2.24, 2.45) is 0 Å². The van der Waals surface area contributed by atoms with Crippen LogP contribution in [0.1, 0.15) is 43.0 Å². The van der Waals surface area contributed by atoms with E-state index in [-0.39, 0.29) is 33.9 Å². The van der Waals surface area contributed by atoms with Crippen LogP contribution in [0.3, 0.4) is 0 Å². The van der Waals surface area contributed by atoms with Crippen LogP contribution < -0.4 is 0 Å². The molecule has 1 fully saturated rings. The van der Waals surface area contributed by atoms with Crippen molar-refractivity contribution in [3.63, 3.8) is 0 Å². The summed E-state index contributed by atoms with van der Waals surface area (Å²) in [6, 6.07) is 1.93. The summed E-state index contributed by atoms with van der Waals surface area (Å²) in [7, 11) is -3.19. The third kappa shape index (κ3) is 6.09. The van der Waals surface area contributed by atoms with E-state index in [0.717, 1.165) is 24.2 Å². The second-order valence-electron chi connectivity index (χ2n) is 6.89. The van der Waals surface area contributed by atoms with Gasteiger partial charge < -0.3 is 4.90 Å². The molecule has 2 heterocycles. The average Bonchev–Trinajstić information content (AvgIpc) is 2.98. The highest BCUT2D eigenvalue weighted by Crippen LogP contribution is 2.36. The summed E-state index contributed by atoms with van der Waals surface area (Å²) >= 11 is 0.770. The number of amides is 1. The van der Waals surface area contributed by atoms with Crippen LogP contribution in [-0.2, 0) is 20.8 Å². The van der Waals surface area contributed by atoms with Crippen LogP contribution in [0.15, 0.2) is 11.1 Å². The minimum atomic E-state index is -4.70. The number of pyridine rings is 1. The third-order valence-electron chi connectivity index (χ3n) is 4.59. The van der Waals surface area contributed by atoms with Gasteiger partial charge in [-0.15, -0.1) is 0 Å². The number of carbonyl (C=O) groups excluding carboxylic acids is 1. The summed E-state index contributed by atoms with van der Waals surface area (Å²) in [6.07, 6.45) is -2.85. The van der Waals surface area contributed by atoms with E-state index in [9.17, 15) is 31.6 Å². The predicted octanol–water partition coefficient (Wildman–Crippen LogP) is 3.19. The summed E-state index contributed by atoms with van der Waals surface area (Å²) in [4.78, 5) is 18.3. The van der Waals surface area contributed by atoms with Crippen molar-refractivity contribution < 1.29 is 26.4 Å². The molecule has 0 aromatic carbocycles. The van der Waals surface area contributed by atoms with Gasteiger partial charge >= 0.3 is 6.18 Å². The van der Waals surface area contributed by atoms with Crippen molar-refractivity contribution in [1.82, 2.24) is 9.88 Å². The minimum absolute atomic E-state index is 0.0215. The van der Waals surface area contributed by atoms with Crippen molar-refractivity contribution in [3.05, 3.63) is 22.9 Å². The van der Waals surface area contributed by atoms with Gasteiger partial charge in [-0.1, -0.05) is 25.1 Å². The highest BCUT2D eigenvalue weighted by atomic mass is 32.2. The summed E-state index contributed by atoms with van der Waals surface area (Å²) in [5, 5.41) is 9.06. The molecule has 0 radical (unpaired) electrons. The van der Waals surface area contributed by atoms with Gasteiger partial charge in [-0.2, -0.15) is 18.4 Å². The summed E-state index contributed by atoms with van der Waals surface area (Å²) in [5.41, 5.74) is -1.59. The van der Waals surface area contributed by atoms with E-state index >= 15 is 0 Å².